The van der Waals surface area contributed by atoms with Crippen molar-refractivity contribution in [2.75, 3.05) is 0 Å². The van der Waals surface area contributed by atoms with E-state index in [1.54, 1.807) is 6.07 Å². The fourth-order valence-electron chi connectivity index (χ4n) is 2.72. The highest BCUT2D eigenvalue weighted by atomic mass is 19.1. The lowest BCUT2D eigenvalue weighted by atomic mass is 9.79. The van der Waals surface area contributed by atoms with Crippen LogP contribution in [-0.2, 0) is 0 Å². The monoisotopic (exact) mass is 236 g/mol. The molecule has 1 saturated carbocycles. The Morgan fingerprint density at radius 2 is 2.06 bits per heavy atom. The molecule has 1 aliphatic carbocycles. The van der Waals surface area contributed by atoms with Gasteiger partial charge in [-0.2, -0.15) is 0 Å². The molecule has 0 spiro atoms. The lowest BCUT2D eigenvalue weighted by molar-refractivity contribution is -0.0474. The number of hydrogen-bond acceptors (Lipinski definition) is 2. The fraction of sp³-hybridized carbons (Fsp3) is 0.571. The van der Waals surface area contributed by atoms with Crippen LogP contribution in [0.15, 0.2) is 18.2 Å². The third-order valence-electron chi connectivity index (χ3n) is 4.53. The molecule has 0 radical (unpaired) electrons. The minimum Gasteiger partial charge on any atom is -0.487 e. The molecule has 1 N–H and O–H groups in total. The fourth-order valence-corrected chi connectivity index (χ4v) is 2.72. The van der Waals surface area contributed by atoms with Crippen LogP contribution < -0.4 is 4.74 Å². The quantitative estimate of drug-likeness (QED) is 0.811. The van der Waals surface area contributed by atoms with Crippen LogP contribution in [-0.4, -0.2) is 10.7 Å². The molecule has 0 bridgehead atoms. The largest absolute Gasteiger partial charge is 0.487 e. The summed E-state index contributed by atoms with van der Waals surface area (Å²) < 4.78 is 19.2. The number of ether oxygens (including phenoxy) is 1. The molecule has 0 amide bonds. The highest BCUT2D eigenvalue weighted by Crippen LogP contribution is 2.59. The summed E-state index contributed by atoms with van der Waals surface area (Å²) in [7, 11) is 0. The smallest absolute Gasteiger partial charge is 0.126 e. The van der Waals surface area contributed by atoms with E-state index in [1.165, 1.54) is 12.1 Å². The van der Waals surface area contributed by atoms with Gasteiger partial charge in [0.25, 0.3) is 0 Å². The van der Waals surface area contributed by atoms with E-state index in [1.807, 2.05) is 0 Å². The highest BCUT2D eigenvalue weighted by Gasteiger charge is 2.57. The summed E-state index contributed by atoms with van der Waals surface area (Å²) >= 11 is 0. The van der Waals surface area contributed by atoms with E-state index in [4.69, 9.17) is 4.74 Å². The van der Waals surface area contributed by atoms with Gasteiger partial charge in [-0.25, -0.2) is 4.39 Å². The van der Waals surface area contributed by atoms with Crippen molar-refractivity contribution in [2.45, 2.75) is 44.8 Å². The van der Waals surface area contributed by atoms with Gasteiger partial charge in [0, 0.05) is 17.4 Å². The Hall–Kier alpha value is -1.09. The molecule has 3 rings (SSSR count). The molecule has 2 nitrogen and oxygen atoms in total. The molecule has 1 aliphatic heterocycles. The Bertz CT molecular complexity index is 467. The van der Waals surface area contributed by atoms with Gasteiger partial charge in [0.05, 0.1) is 6.10 Å². The maximum Gasteiger partial charge on any atom is 0.126 e. The molecule has 1 unspecified atom stereocenters. The minimum absolute atomic E-state index is 0.153. The molecule has 2 aliphatic rings. The zero-order chi connectivity index (χ0) is 12.3. The van der Waals surface area contributed by atoms with Crippen LogP contribution in [0.1, 0.15) is 44.8 Å². The molecule has 3 heteroatoms. The molecule has 92 valence electrons. The summed E-state index contributed by atoms with van der Waals surface area (Å²) in [6.45, 7) is 4.24. The first-order chi connectivity index (χ1) is 7.94. The van der Waals surface area contributed by atoms with Crippen LogP contribution >= 0.6 is 0 Å². The van der Waals surface area contributed by atoms with Crippen molar-refractivity contribution in [2.24, 2.45) is 5.41 Å². The molecule has 1 fully saturated rings. The Balaban J connectivity index is 2.01. The zero-order valence-corrected chi connectivity index (χ0v) is 10.2. The van der Waals surface area contributed by atoms with Gasteiger partial charge >= 0.3 is 0 Å². The number of fused-ring (bicyclic) bond motifs is 1. The third kappa shape index (κ3) is 1.56. The molecule has 2 atom stereocenters. The second-order valence-corrected chi connectivity index (χ2v) is 5.80. The minimum atomic E-state index is -0.628. The van der Waals surface area contributed by atoms with E-state index >= 15 is 0 Å². The number of aliphatic hydroxyl groups excluding tert-OH is 1. The zero-order valence-electron chi connectivity index (χ0n) is 10.2. The Labute approximate surface area is 100 Å². The first-order valence-electron chi connectivity index (χ1n) is 6.10. The molecule has 17 heavy (non-hydrogen) atoms. The molecule has 0 saturated heterocycles. The van der Waals surface area contributed by atoms with E-state index in [-0.39, 0.29) is 16.8 Å². The summed E-state index contributed by atoms with van der Waals surface area (Å²) in [4.78, 5) is 0. The predicted octanol–water partition coefficient (Wildman–Crippen LogP) is 3.20. The van der Waals surface area contributed by atoms with Crippen LogP contribution in [0.25, 0.3) is 0 Å². The number of halogens is 1. The van der Waals surface area contributed by atoms with Gasteiger partial charge in [0.1, 0.15) is 17.2 Å². The number of aliphatic hydroxyl groups is 1. The van der Waals surface area contributed by atoms with Gasteiger partial charge in [-0.1, -0.05) is 6.92 Å². The molecule has 1 heterocycles. The highest BCUT2D eigenvalue weighted by molar-refractivity contribution is 5.39. The van der Waals surface area contributed by atoms with Crippen LogP contribution in [0.4, 0.5) is 4.39 Å². The number of rotatable bonds is 1. The predicted molar refractivity (Wildman–Crippen MR) is 62.4 cm³/mol. The van der Waals surface area contributed by atoms with Crippen LogP contribution in [0.3, 0.4) is 0 Å². The summed E-state index contributed by atoms with van der Waals surface area (Å²) in [6.07, 6.45) is 2.18. The molecule has 0 aromatic heterocycles. The summed E-state index contributed by atoms with van der Waals surface area (Å²) in [5.74, 6) is 0.299. The Morgan fingerprint density at radius 1 is 1.35 bits per heavy atom. The van der Waals surface area contributed by atoms with E-state index in [9.17, 15) is 9.50 Å². The Morgan fingerprint density at radius 3 is 2.71 bits per heavy atom. The van der Waals surface area contributed by atoms with Crippen LogP contribution in [0.5, 0.6) is 5.75 Å². The average molecular weight is 236 g/mol. The topological polar surface area (TPSA) is 29.5 Å². The van der Waals surface area contributed by atoms with Crippen molar-refractivity contribution in [3.63, 3.8) is 0 Å². The SMILES string of the molecule is CC1(C2(C)C[C@@H](O)c3cc(F)ccc3O2)CC1. The van der Waals surface area contributed by atoms with Gasteiger partial charge in [-0.05, 0) is 38.0 Å². The first kappa shape index (κ1) is 11.0. The van der Waals surface area contributed by atoms with Crippen molar-refractivity contribution in [1.82, 2.24) is 0 Å². The summed E-state index contributed by atoms with van der Waals surface area (Å²) in [5, 5.41) is 10.2. The lowest BCUT2D eigenvalue weighted by Gasteiger charge is -2.42. The van der Waals surface area contributed by atoms with Gasteiger partial charge in [0.15, 0.2) is 0 Å². The maximum atomic E-state index is 13.1. The molecular weight excluding hydrogens is 219 g/mol. The van der Waals surface area contributed by atoms with Crippen molar-refractivity contribution in [3.05, 3.63) is 29.6 Å². The van der Waals surface area contributed by atoms with Crippen LogP contribution in [0, 0.1) is 11.2 Å². The van der Waals surface area contributed by atoms with Gasteiger partial charge in [-0.3, -0.25) is 0 Å². The summed E-state index contributed by atoms with van der Waals surface area (Å²) in [6, 6.07) is 4.37. The van der Waals surface area contributed by atoms with Crippen LogP contribution in [0.2, 0.25) is 0 Å². The average Bonchev–Trinajstić information content (AvgIpc) is 3.00. The summed E-state index contributed by atoms with van der Waals surface area (Å²) in [5.41, 5.74) is 0.392. The van der Waals surface area contributed by atoms with Crippen molar-refractivity contribution in [3.8, 4) is 5.75 Å². The number of benzene rings is 1. The second kappa shape index (κ2) is 3.22. The lowest BCUT2D eigenvalue weighted by Crippen LogP contribution is -2.45. The second-order valence-electron chi connectivity index (χ2n) is 5.80. The van der Waals surface area contributed by atoms with Gasteiger partial charge in [-0.15, -0.1) is 0 Å². The van der Waals surface area contributed by atoms with E-state index in [0.717, 1.165) is 12.8 Å². The van der Waals surface area contributed by atoms with E-state index < -0.39 is 6.10 Å². The first-order valence-corrected chi connectivity index (χ1v) is 6.10. The van der Waals surface area contributed by atoms with E-state index in [2.05, 4.69) is 13.8 Å². The maximum absolute atomic E-state index is 13.1. The van der Waals surface area contributed by atoms with Crippen molar-refractivity contribution < 1.29 is 14.2 Å². The van der Waals surface area contributed by atoms with Gasteiger partial charge < -0.3 is 9.84 Å². The number of hydrogen-bond donors (Lipinski definition) is 1. The van der Waals surface area contributed by atoms with Crippen molar-refractivity contribution in [1.29, 1.82) is 0 Å². The standard InChI is InChI=1S/C14H17FO2/c1-13(5-6-13)14(2)8-11(16)10-7-9(15)3-4-12(10)17-14/h3-4,7,11,16H,5-6,8H2,1-2H3/t11-,14?/m1/s1. The normalized spacial score (nSPS) is 33.8. The van der Waals surface area contributed by atoms with E-state index in [0.29, 0.717) is 17.7 Å². The molecular formula is C14H17FO2. The van der Waals surface area contributed by atoms with Gasteiger partial charge in [0.2, 0.25) is 0 Å². The molecule has 1 aromatic rings. The third-order valence-corrected chi connectivity index (χ3v) is 4.53. The van der Waals surface area contributed by atoms with Crippen molar-refractivity contribution >= 4 is 0 Å². The molecule has 1 aromatic carbocycles. The Kier molecular flexibility index (Phi) is 2.09.